The molecule has 0 aromatic heterocycles. The van der Waals surface area contributed by atoms with Gasteiger partial charge in [0.15, 0.2) is 4.32 Å². The third-order valence-corrected chi connectivity index (χ3v) is 7.60. The van der Waals surface area contributed by atoms with Crippen molar-refractivity contribution in [1.82, 2.24) is 0 Å². The maximum absolute atomic E-state index is 13.3. The summed E-state index contributed by atoms with van der Waals surface area (Å²) in [6, 6.07) is 30.1. The Morgan fingerprint density at radius 3 is 2.62 bits per heavy atom. The number of benzene rings is 4. The molecule has 1 fully saturated rings. The molecule has 1 aliphatic rings. The Morgan fingerprint density at radius 2 is 1.74 bits per heavy atom. The lowest BCUT2D eigenvalue weighted by Crippen LogP contribution is -2.27. The highest BCUT2D eigenvalue weighted by atomic mass is 32.2. The highest BCUT2D eigenvalue weighted by Gasteiger charge is 2.33. The number of nitrogens with zero attached hydrogens (tertiary/aromatic N) is 1. The molecular weight excluding hydrogens is 479 g/mol. The van der Waals surface area contributed by atoms with Crippen LogP contribution in [0.25, 0.3) is 16.8 Å². The first-order valence-corrected chi connectivity index (χ1v) is 13.2. The summed E-state index contributed by atoms with van der Waals surface area (Å²) in [5.41, 5.74) is 2.76. The molecule has 1 aliphatic heterocycles. The molecule has 3 nitrogen and oxygen atoms in total. The number of anilines is 1. The number of para-hydroxylation sites is 1. The quantitative estimate of drug-likeness (QED) is 0.155. The molecule has 0 N–H and O–H groups in total. The van der Waals surface area contributed by atoms with Gasteiger partial charge in [-0.05, 0) is 52.9 Å². The summed E-state index contributed by atoms with van der Waals surface area (Å²) >= 11 is 8.51. The Hall–Kier alpha value is -3.06. The van der Waals surface area contributed by atoms with Gasteiger partial charge in [-0.15, -0.1) is 11.8 Å². The number of hydrogen-bond donors (Lipinski definition) is 0. The van der Waals surface area contributed by atoms with Crippen molar-refractivity contribution in [3.05, 3.63) is 107 Å². The molecule has 34 heavy (non-hydrogen) atoms. The van der Waals surface area contributed by atoms with Crippen LogP contribution in [0.1, 0.15) is 11.1 Å². The number of carbonyl (C=O) groups excluding carboxylic acids is 1. The summed E-state index contributed by atoms with van der Waals surface area (Å²) in [4.78, 5) is 16.5. The van der Waals surface area contributed by atoms with Gasteiger partial charge in [0.25, 0.3) is 5.91 Å². The van der Waals surface area contributed by atoms with Gasteiger partial charge in [-0.3, -0.25) is 9.69 Å². The Labute approximate surface area is 212 Å². The van der Waals surface area contributed by atoms with Crippen molar-refractivity contribution >= 4 is 68.5 Å². The van der Waals surface area contributed by atoms with E-state index in [1.807, 2.05) is 79.1 Å². The summed E-state index contributed by atoms with van der Waals surface area (Å²) in [7, 11) is 0. The fraction of sp³-hybridized carbons (Fsp3) is 0.0714. The van der Waals surface area contributed by atoms with Crippen LogP contribution < -0.4 is 9.64 Å². The lowest BCUT2D eigenvalue weighted by molar-refractivity contribution is -0.113. The summed E-state index contributed by atoms with van der Waals surface area (Å²) < 4.78 is 6.76. The van der Waals surface area contributed by atoms with Crippen molar-refractivity contribution in [3.8, 4) is 5.75 Å². The van der Waals surface area contributed by atoms with Crippen LogP contribution in [-0.4, -0.2) is 16.5 Å². The van der Waals surface area contributed by atoms with Crippen molar-refractivity contribution in [2.45, 2.75) is 11.5 Å². The second-order valence-electron chi connectivity index (χ2n) is 7.68. The molecule has 5 rings (SSSR count). The van der Waals surface area contributed by atoms with Gasteiger partial charge in [0.2, 0.25) is 0 Å². The summed E-state index contributed by atoms with van der Waals surface area (Å²) in [6.07, 6.45) is 3.88. The van der Waals surface area contributed by atoms with Gasteiger partial charge in [-0.2, -0.15) is 0 Å². The number of amides is 1. The number of carbonyl (C=O) groups is 1. The van der Waals surface area contributed by atoms with Crippen molar-refractivity contribution in [2.24, 2.45) is 0 Å². The average molecular weight is 500 g/mol. The van der Waals surface area contributed by atoms with E-state index in [9.17, 15) is 4.79 Å². The van der Waals surface area contributed by atoms with Crippen LogP contribution in [0.5, 0.6) is 5.75 Å². The van der Waals surface area contributed by atoms with Crippen LogP contribution in [0.15, 0.2) is 101 Å². The van der Waals surface area contributed by atoms with E-state index in [2.05, 4.69) is 24.3 Å². The van der Waals surface area contributed by atoms with Crippen molar-refractivity contribution in [3.63, 3.8) is 0 Å². The average Bonchev–Trinajstić information content (AvgIpc) is 3.15. The zero-order valence-corrected chi connectivity index (χ0v) is 20.9. The number of ether oxygens (including phenoxy) is 1. The van der Waals surface area contributed by atoms with E-state index in [0.717, 1.165) is 27.5 Å². The number of thioether (sulfide) groups is 2. The molecule has 0 radical (unpaired) electrons. The maximum Gasteiger partial charge on any atom is 0.270 e. The van der Waals surface area contributed by atoms with Crippen LogP contribution in [0.4, 0.5) is 5.69 Å². The van der Waals surface area contributed by atoms with Gasteiger partial charge >= 0.3 is 0 Å². The minimum atomic E-state index is -0.114. The molecule has 0 atom stereocenters. The number of hydrogen-bond acceptors (Lipinski definition) is 5. The summed E-state index contributed by atoms with van der Waals surface area (Å²) in [5, 5.41) is 2.36. The Kier molecular flexibility index (Phi) is 6.72. The second kappa shape index (κ2) is 10.1. The van der Waals surface area contributed by atoms with Crippen LogP contribution in [0.3, 0.4) is 0 Å². The fourth-order valence-electron chi connectivity index (χ4n) is 3.89. The Bertz CT molecular complexity index is 1420. The molecule has 1 amide bonds. The first-order chi connectivity index (χ1) is 16.6. The van der Waals surface area contributed by atoms with Crippen molar-refractivity contribution in [2.75, 3.05) is 11.2 Å². The molecule has 6 heteroatoms. The standard InChI is InChI=1S/C28H21NO2S3/c1-33-23-13-7-12-22(17-23)29-27(30)26(34-28(29)32)16-20-9-3-5-15-25(20)31-18-21-11-6-10-19-8-2-4-14-24(19)21/h2-17H,18H2,1H3/b26-16-. The van der Waals surface area contributed by atoms with E-state index in [1.54, 1.807) is 16.7 Å². The van der Waals surface area contributed by atoms with E-state index >= 15 is 0 Å². The number of fused-ring (bicyclic) bond motifs is 1. The minimum absolute atomic E-state index is 0.114. The lowest BCUT2D eigenvalue weighted by atomic mass is 10.1. The maximum atomic E-state index is 13.3. The van der Waals surface area contributed by atoms with E-state index < -0.39 is 0 Å². The first kappa shape index (κ1) is 22.7. The second-order valence-corrected chi connectivity index (χ2v) is 10.2. The largest absolute Gasteiger partial charge is 0.488 e. The van der Waals surface area contributed by atoms with Gasteiger partial charge < -0.3 is 4.74 Å². The topological polar surface area (TPSA) is 29.5 Å². The van der Waals surface area contributed by atoms with Crippen LogP contribution in [0.2, 0.25) is 0 Å². The zero-order valence-electron chi connectivity index (χ0n) is 18.4. The van der Waals surface area contributed by atoms with Crippen LogP contribution in [0, 0.1) is 0 Å². The normalized spacial score (nSPS) is 14.9. The molecule has 4 aromatic carbocycles. The fourth-order valence-corrected chi connectivity index (χ4v) is 5.63. The van der Waals surface area contributed by atoms with E-state index in [4.69, 9.17) is 17.0 Å². The van der Waals surface area contributed by atoms with Gasteiger partial charge in [0, 0.05) is 10.5 Å². The molecule has 0 unspecified atom stereocenters. The molecule has 0 saturated carbocycles. The highest BCUT2D eigenvalue weighted by molar-refractivity contribution is 8.27. The van der Waals surface area contributed by atoms with E-state index in [0.29, 0.717) is 15.8 Å². The van der Waals surface area contributed by atoms with Crippen LogP contribution in [-0.2, 0) is 11.4 Å². The molecule has 4 aromatic rings. The lowest BCUT2D eigenvalue weighted by Gasteiger charge is -2.15. The molecule has 0 spiro atoms. The Balaban J connectivity index is 1.40. The van der Waals surface area contributed by atoms with E-state index in [-0.39, 0.29) is 5.91 Å². The van der Waals surface area contributed by atoms with Gasteiger partial charge in [0.1, 0.15) is 12.4 Å². The van der Waals surface area contributed by atoms with Crippen LogP contribution >= 0.6 is 35.7 Å². The molecule has 1 heterocycles. The minimum Gasteiger partial charge on any atom is -0.488 e. The van der Waals surface area contributed by atoms with E-state index in [1.165, 1.54) is 22.5 Å². The molecule has 1 saturated heterocycles. The third-order valence-electron chi connectivity index (χ3n) is 5.57. The first-order valence-electron chi connectivity index (χ1n) is 10.7. The molecular formula is C28H21NO2S3. The number of thiocarbonyl (C=S) groups is 1. The predicted molar refractivity (Wildman–Crippen MR) is 149 cm³/mol. The zero-order chi connectivity index (χ0) is 23.5. The highest BCUT2D eigenvalue weighted by Crippen LogP contribution is 2.38. The summed E-state index contributed by atoms with van der Waals surface area (Å²) in [6.45, 7) is 0.439. The van der Waals surface area contributed by atoms with Gasteiger partial charge in [-0.1, -0.05) is 90.7 Å². The van der Waals surface area contributed by atoms with Gasteiger partial charge in [0.05, 0.1) is 10.6 Å². The molecule has 0 aliphatic carbocycles. The molecule has 0 bridgehead atoms. The third kappa shape index (κ3) is 4.62. The monoisotopic (exact) mass is 499 g/mol. The van der Waals surface area contributed by atoms with Crippen molar-refractivity contribution < 1.29 is 9.53 Å². The summed E-state index contributed by atoms with van der Waals surface area (Å²) in [5.74, 6) is 0.613. The van der Waals surface area contributed by atoms with Crippen molar-refractivity contribution in [1.29, 1.82) is 0 Å². The molecule has 168 valence electrons. The Morgan fingerprint density at radius 1 is 0.971 bits per heavy atom. The predicted octanol–water partition coefficient (Wildman–Crippen LogP) is 7.55. The smallest absolute Gasteiger partial charge is 0.270 e. The van der Waals surface area contributed by atoms with Gasteiger partial charge in [-0.25, -0.2) is 0 Å². The SMILES string of the molecule is CSc1cccc(N2C(=O)/C(=C/c3ccccc3OCc3cccc4ccccc34)SC2=S)c1. The number of rotatable bonds is 6.